The van der Waals surface area contributed by atoms with Crippen LogP contribution in [0.5, 0.6) is 0 Å². The fraction of sp³-hybridized carbons (Fsp3) is 0.364. The summed E-state index contributed by atoms with van der Waals surface area (Å²) in [5.74, 6) is 0. The Hall–Kier alpha value is -1.29. The van der Waals surface area contributed by atoms with E-state index in [2.05, 4.69) is 21.9 Å². The molecule has 2 heterocycles. The predicted octanol–water partition coefficient (Wildman–Crippen LogP) is 2.83. The van der Waals surface area contributed by atoms with E-state index in [1.807, 2.05) is 20.8 Å². The van der Waals surface area contributed by atoms with E-state index < -0.39 is 0 Å². The Bertz CT molecular complexity index is 483. The summed E-state index contributed by atoms with van der Waals surface area (Å²) in [5.41, 5.74) is 3.87. The van der Waals surface area contributed by atoms with Crippen molar-refractivity contribution in [2.45, 2.75) is 27.7 Å². The molecule has 0 N–H and O–H groups in total. The highest BCUT2D eigenvalue weighted by atomic mass is 32.1. The van der Waals surface area contributed by atoms with Gasteiger partial charge in [-0.3, -0.25) is 4.98 Å². The van der Waals surface area contributed by atoms with Crippen LogP contribution in [-0.2, 0) is 0 Å². The van der Waals surface area contributed by atoms with Gasteiger partial charge in [-0.1, -0.05) is 0 Å². The maximum atomic E-state index is 4.50. The van der Waals surface area contributed by atoms with Crippen molar-refractivity contribution < 1.29 is 0 Å². The van der Waals surface area contributed by atoms with E-state index in [1.165, 1.54) is 4.88 Å². The Morgan fingerprint density at radius 1 is 1.00 bits per heavy atom. The fourth-order valence-electron chi connectivity index (χ4n) is 1.31. The third-order valence-electron chi connectivity index (χ3n) is 2.31. The number of hydrogen-bond donors (Lipinski definition) is 0. The standard InChI is InChI=1S/C11H13N3S/c1-6-5-12-8(3)10(13-6)11-14-7(2)9(4)15-11/h5H,1-4H3. The van der Waals surface area contributed by atoms with Crippen LogP contribution >= 0.6 is 11.3 Å². The minimum absolute atomic E-state index is 0.913. The predicted molar refractivity (Wildman–Crippen MR) is 62.1 cm³/mol. The molecule has 0 atom stereocenters. The van der Waals surface area contributed by atoms with Crippen LogP contribution in [0.25, 0.3) is 10.7 Å². The van der Waals surface area contributed by atoms with Gasteiger partial charge in [0.1, 0.15) is 10.7 Å². The molecule has 3 nitrogen and oxygen atoms in total. The lowest BCUT2D eigenvalue weighted by atomic mass is 10.3. The number of rotatable bonds is 1. The van der Waals surface area contributed by atoms with Crippen LogP contribution < -0.4 is 0 Å². The van der Waals surface area contributed by atoms with Crippen molar-refractivity contribution in [3.05, 3.63) is 28.2 Å². The van der Waals surface area contributed by atoms with Crippen molar-refractivity contribution in [3.63, 3.8) is 0 Å². The largest absolute Gasteiger partial charge is 0.257 e. The van der Waals surface area contributed by atoms with Crippen molar-refractivity contribution in [3.8, 4) is 10.7 Å². The molecule has 2 rings (SSSR count). The molecule has 0 bridgehead atoms. The lowest BCUT2D eigenvalue weighted by Crippen LogP contribution is -1.93. The van der Waals surface area contributed by atoms with E-state index >= 15 is 0 Å². The molecule has 78 valence electrons. The van der Waals surface area contributed by atoms with E-state index in [-0.39, 0.29) is 0 Å². The zero-order valence-electron chi connectivity index (χ0n) is 9.33. The summed E-state index contributed by atoms with van der Waals surface area (Å²) in [6, 6.07) is 0. The lowest BCUT2D eigenvalue weighted by molar-refractivity contribution is 1.06. The quantitative estimate of drug-likeness (QED) is 0.740. The molecule has 0 fully saturated rings. The summed E-state index contributed by atoms with van der Waals surface area (Å²) in [7, 11) is 0. The number of nitrogens with zero attached hydrogens (tertiary/aromatic N) is 3. The van der Waals surface area contributed by atoms with Gasteiger partial charge in [0, 0.05) is 11.1 Å². The summed E-state index contributed by atoms with van der Waals surface area (Å²) < 4.78 is 0. The van der Waals surface area contributed by atoms with E-state index in [0.29, 0.717) is 0 Å². The highest BCUT2D eigenvalue weighted by Crippen LogP contribution is 2.27. The Balaban J connectivity index is 2.58. The second kappa shape index (κ2) is 3.70. The van der Waals surface area contributed by atoms with Crippen molar-refractivity contribution in [1.82, 2.24) is 15.0 Å². The van der Waals surface area contributed by atoms with Crippen LogP contribution in [0.2, 0.25) is 0 Å². The zero-order chi connectivity index (χ0) is 11.0. The van der Waals surface area contributed by atoms with Gasteiger partial charge in [0.2, 0.25) is 0 Å². The van der Waals surface area contributed by atoms with Gasteiger partial charge < -0.3 is 0 Å². The van der Waals surface area contributed by atoms with Gasteiger partial charge in [-0.2, -0.15) is 0 Å². The highest BCUT2D eigenvalue weighted by molar-refractivity contribution is 7.15. The molecule has 0 saturated carbocycles. The molecule has 0 aliphatic carbocycles. The van der Waals surface area contributed by atoms with Gasteiger partial charge in [0.25, 0.3) is 0 Å². The molecular weight excluding hydrogens is 206 g/mol. The zero-order valence-corrected chi connectivity index (χ0v) is 10.1. The smallest absolute Gasteiger partial charge is 0.144 e. The van der Waals surface area contributed by atoms with Crippen molar-refractivity contribution in [2.24, 2.45) is 0 Å². The molecule has 15 heavy (non-hydrogen) atoms. The van der Waals surface area contributed by atoms with Crippen LogP contribution in [0.4, 0.5) is 0 Å². The van der Waals surface area contributed by atoms with E-state index in [9.17, 15) is 0 Å². The van der Waals surface area contributed by atoms with Crippen LogP contribution in [0, 0.1) is 27.7 Å². The van der Waals surface area contributed by atoms with Gasteiger partial charge in [-0.05, 0) is 27.7 Å². The summed E-state index contributed by atoms with van der Waals surface area (Å²) in [6.07, 6.45) is 1.78. The van der Waals surface area contributed by atoms with E-state index in [1.54, 1.807) is 17.5 Å². The molecule has 0 amide bonds. The van der Waals surface area contributed by atoms with Crippen LogP contribution in [0.1, 0.15) is 22.0 Å². The first-order valence-corrected chi connectivity index (χ1v) is 5.64. The van der Waals surface area contributed by atoms with Crippen molar-refractivity contribution >= 4 is 11.3 Å². The summed E-state index contributed by atoms with van der Waals surface area (Å²) in [4.78, 5) is 14.5. The first-order chi connectivity index (χ1) is 7.08. The minimum atomic E-state index is 0.913. The molecule has 0 aromatic carbocycles. The van der Waals surface area contributed by atoms with Crippen LogP contribution in [-0.4, -0.2) is 15.0 Å². The second-order valence-electron chi connectivity index (χ2n) is 3.61. The third kappa shape index (κ3) is 1.90. The molecule has 2 aromatic heterocycles. The number of aromatic nitrogens is 3. The Kier molecular flexibility index (Phi) is 2.52. The maximum Gasteiger partial charge on any atom is 0.144 e. The summed E-state index contributed by atoms with van der Waals surface area (Å²) in [5, 5.41) is 0.971. The topological polar surface area (TPSA) is 38.7 Å². The summed E-state index contributed by atoms with van der Waals surface area (Å²) >= 11 is 1.68. The SMILES string of the molecule is Cc1cnc(C)c(-c2nc(C)c(C)s2)n1. The van der Waals surface area contributed by atoms with Gasteiger partial charge in [0.05, 0.1) is 17.1 Å². The van der Waals surface area contributed by atoms with Gasteiger partial charge >= 0.3 is 0 Å². The Morgan fingerprint density at radius 2 is 1.73 bits per heavy atom. The van der Waals surface area contributed by atoms with Gasteiger partial charge in [0.15, 0.2) is 0 Å². The highest BCUT2D eigenvalue weighted by Gasteiger charge is 2.11. The van der Waals surface area contributed by atoms with Crippen molar-refractivity contribution in [1.29, 1.82) is 0 Å². The molecule has 0 aliphatic rings. The fourth-order valence-corrected chi connectivity index (χ4v) is 2.27. The monoisotopic (exact) mass is 219 g/mol. The first kappa shape index (κ1) is 10.2. The average Bonchev–Trinajstić information content (AvgIpc) is 2.51. The van der Waals surface area contributed by atoms with Gasteiger partial charge in [-0.25, -0.2) is 9.97 Å². The van der Waals surface area contributed by atoms with Crippen molar-refractivity contribution in [2.75, 3.05) is 0 Å². The first-order valence-electron chi connectivity index (χ1n) is 4.82. The molecular formula is C11H13N3S. The second-order valence-corrected chi connectivity index (χ2v) is 4.81. The Labute approximate surface area is 93.2 Å². The molecule has 4 heteroatoms. The maximum absolute atomic E-state index is 4.50. The molecule has 0 radical (unpaired) electrons. The van der Waals surface area contributed by atoms with Gasteiger partial charge in [-0.15, -0.1) is 11.3 Å². The molecule has 0 spiro atoms. The number of thiazole rings is 1. The molecule has 0 aliphatic heterocycles. The minimum Gasteiger partial charge on any atom is -0.257 e. The van der Waals surface area contributed by atoms with Crippen LogP contribution in [0.3, 0.4) is 0 Å². The molecule has 0 saturated heterocycles. The Morgan fingerprint density at radius 3 is 2.33 bits per heavy atom. The third-order valence-corrected chi connectivity index (χ3v) is 3.39. The van der Waals surface area contributed by atoms with E-state index in [4.69, 9.17) is 0 Å². The normalized spacial score (nSPS) is 10.7. The summed E-state index contributed by atoms with van der Waals surface area (Å²) in [6.45, 7) is 8.01. The van der Waals surface area contributed by atoms with E-state index in [0.717, 1.165) is 27.8 Å². The molecule has 0 unspecified atom stereocenters. The number of aryl methyl sites for hydroxylation is 4. The lowest BCUT2D eigenvalue weighted by Gasteiger charge is -2.00. The van der Waals surface area contributed by atoms with Crippen LogP contribution in [0.15, 0.2) is 6.20 Å². The molecule has 2 aromatic rings. The average molecular weight is 219 g/mol. The number of hydrogen-bond acceptors (Lipinski definition) is 4.